The summed E-state index contributed by atoms with van der Waals surface area (Å²) in [6, 6.07) is 9.65. The van der Waals surface area contributed by atoms with Crippen LogP contribution in [-0.2, 0) is 13.0 Å². The zero-order valence-electron chi connectivity index (χ0n) is 13.3. The maximum atomic E-state index is 6.33. The lowest BCUT2D eigenvalue weighted by molar-refractivity contribution is 0.471. The fourth-order valence-electron chi connectivity index (χ4n) is 2.50. The van der Waals surface area contributed by atoms with Gasteiger partial charge in [0.05, 0.1) is 16.4 Å². The maximum absolute atomic E-state index is 6.33. The summed E-state index contributed by atoms with van der Waals surface area (Å²) in [7, 11) is 0. The lowest BCUT2D eigenvalue weighted by Crippen LogP contribution is -2.13. The summed E-state index contributed by atoms with van der Waals surface area (Å²) in [4.78, 5) is 5.05. The van der Waals surface area contributed by atoms with Gasteiger partial charge in [0.25, 0.3) is 0 Å². The van der Waals surface area contributed by atoms with Crippen molar-refractivity contribution in [3.05, 3.63) is 70.6 Å². The molecule has 1 unspecified atom stereocenters. The van der Waals surface area contributed by atoms with E-state index >= 15 is 0 Å². The van der Waals surface area contributed by atoms with Gasteiger partial charge in [0.2, 0.25) is 0 Å². The Bertz CT molecular complexity index is 766. The van der Waals surface area contributed by atoms with Crippen LogP contribution in [0.25, 0.3) is 0 Å². The summed E-state index contributed by atoms with van der Waals surface area (Å²) in [5, 5.41) is 1.69. The molecular weight excluding hydrogens is 363 g/mol. The Balaban J connectivity index is 1.73. The SMILES string of the molecule is Cc1ccc(CCC(Cn2ccnc2)Sc2c(Cl)cccc2Cl)o1. The van der Waals surface area contributed by atoms with E-state index in [1.807, 2.05) is 49.8 Å². The van der Waals surface area contributed by atoms with Gasteiger partial charge in [-0.3, -0.25) is 0 Å². The molecule has 126 valence electrons. The molecule has 0 saturated heterocycles. The van der Waals surface area contributed by atoms with E-state index in [0.717, 1.165) is 35.8 Å². The molecule has 3 nitrogen and oxygen atoms in total. The standard InChI is InChI=1S/C18H18Cl2N2OS/c1-13-5-6-14(23-13)7-8-15(11-22-10-9-21-12-22)24-18-16(19)3-2-4-17(18)20/h2-6,9-10,12,15H,7-8,11H2,1H3. The molecule has 0 bridgehead atoms. The van der Waals surface area contributed by atoms with Gasteiger partial charge in [-0.1, -0.05) is 29.3 Å². The van der Waals surface area contributed by atoms with Gasteiger partial charge < -0.3 is 8.98 Å². The number of hydrogen-bond donors (Lipinski definition) is 0. The summed E-state index contributed by atoms with van der Waals surface area (Å²) < 4.78 is 7.77. The molecule has 24 heavy (non-hydrogen) atoms. The molecule has 0 amide bonds. The zero-order valence-corrected chi connectivity index (χ0v) is 15.6. The molecule has 0 radical (unpaired) electrons. The molecule has 0 saturated carbocycles. The third-order valence-corrected chi connectivity index (χ3v) is 5.93. The van der Waals surface area contributed by atoms with E-state index in [4.69, 9.17) is 27.6 Å². The van der Waals surface area contributed by atoms with E-state index < -0.39 is 0 Å². The first-order valence-corrected chi connectivity index (χ1v) is 9.37. The largest absolute Gasteiger partial charge is 0.466 e. The van der Waals surface area contributed by atoms with Crippen molar-refractivity contribution in [3.63, 3.8) is 0 Å². The predicted molar refractivity (Wildman–Crippen MR) is 100 cm³/mol. The quantitative estimate of drug-likeness (QED) is 0.479. The lowest BCUT2D eigenvalue weighted by Gasteiger charge is -2.18. The Labute approximate surface area is 156 Å². The highest BCUT2D eigenvalue weighted by molar-refractivity contribution is 8.00. The van der Waals surface area contributed by atoms with Gasteiger partial charge in [0.15, 0.2) is 0 Å². The van der Waals surface area contributed by atoms with Crippen molar-refractivity contribution in [2.24, 2.45) is 0 Å². The number of halogens is 2. The van der Waals surface area contributed by atoms with Crippen LogP contribution in [0.3, 0.4) is 0 Å². The van der Waals surface area contributed by atoms with Gasteiger partial charge in [-0.25, -0.2) is 4.98 Å². The Morgan fingerprint density at radius 3 is 2.62 bits per heavy atom. The van der Waals surface area contributed by atoms with Crippen LogP contribution in [0.5, 0.6) is 0 Å². The minimum absolute atomic E-state index is 0.307. The van der Waals surface area contributed by atoms with Gasteiger partial charge in [-0.2, -0.15) is 0 Å². The molecule has 0 aliphatic rings. The molecule has 6 heteroatoms. The van der Waals surface area contributed by atoms with Crippen molar-refractivity contribution < 1.29 is 4.42 Å². The molecule has 0 aliphatic carbocycles. The third-order valence-electron chi connectivity index (χ3n) is 3.69. The summed E-state index contributed by atoms with van der Waals surface area (Å²) >= 11 is 14.4. The number of aromatic nitrogens is 2. The van der Waals surface area contributed by atoms with Gasteiger partial charge >= 0.3 is 0 Å². The Kier molecular flexibility index (Phi) is 5.93. The topological polar surface area (TPSA) is 31.0 Å². The van der Waals surface area contributed by atoms with Crippen LogP contribution in [0.15, 0.2) is 58.4 Å². The first kappa shape index (κ1) is 17.5. The minimum atomic E-state index is 0.307. The lowest BCUT2D eigenvalue weighted by atomic mass is 10.2. The van der Waals surface area contributed by atoms with E-state index in [-0.39, 0.29) is 0 Å². The van der Waals surface area contributed by atoms with E-state index in [1.165, 1.54) is 0 Å². The van der Waals surface area contributed by atoms with Crippen molar-refractivity contribution in [1.29, 1.82) is 0 Å². The number of thioether (sulfide) groups is 1. The second-order valence-corrected chi connectivity index (χ2v) is 7.73. The molecule has 3 aromatic rings. The summed E-state index contributed by atoms with van der Waals surface area (Å²) in [5.41, 5.74) is 0. The predicted octanol–water partition coefficient (Wildman–Crippen LogP) is 5.89. The highest BCUT2D eigenvalue weighted by atomic mass is 35.5. The van der Waals surface area contributed by atoms with Gasteiger partial charge in [0.1, 0.15) is 11.5 Å². The number of imidazole rings is 1. The molecule has 1 aromatic carbocycles. The molecule has 1 atom stereocenters. The van der Waals surface area contributed by atoms with E-state index in [2.05, 4.69) is 9.55 Å². The normalized spacial score (nSPS) is 12.5. The molecular formula is C18H18Cl2N2OS. The number of rotatable bonds is 7. The van der Waals surface area contributed by atoms with E-state index in [9.17, 15) is 0 Å². The smallest absolute Gasteiger partial charge is 0.104 e. The van der Waals surface area contributed by atoms with Crippen LogP contribution >= 0.6 is 35.0 Å². The maximum Gasteiger partial charge on any atom is 0.104 e. The zero-order chi connectivity index (χ0) is 16.9. The second-order valence-electron chi connectivity index (χ2n) is 5.60. The van der Waals surface area contributed by atoms with Crippen molar-refractivity contribution in [3.8, 4) is 0 Å². The van der Waals surface area contributed by atoms with Crippen LogP contribution in [0.2, 0.25) is 10.0 Å². The Morgan fingerprint density at radius 2 is 2.00 bits per heavy atom. The van der Waals surface area contributed by atoms with Gasteiger partial charge in [0, 0.05) is 35.5 Å². The Morgan fingerprint density at radius 1 is 1.21 bits per heavy atom. The first-order valence-electron chi connectivity index (χ1n) is 7.73. The molecule has 0 spiro atoms. The molecule has 3 rings (SSSR count). The Hall–Kier alpha value is -1.36. The van der Waals surface area contributed by atoms with Crippen molar-refractivity contribution >= 4 is 35.0 Å². The molecule has 0 fully saturated rings. The van der Waals surface area contributed by atoms with E-state index in [1.54, 1.807) is 18.0 Å². The van der Waals surface area contributed by atoms with E-state index in [0.29, 0.717) is 15.3 Å². The molecule has 0 aliphatic heterocycles. The highest BCUT2D eigenvalue weighted by Crippen LogP contribution is 2.38. The highest BCUT2D eigenvalue weighted by Gasteiger charge is 2.16. The van der Waals surface area contributed by atoms with Gasteiger partial charge in [-0.15, -0.1) is 11.8 Å². The number of hydrogen-bond acceptors (Lipinski definition) is 3. The average molecular weight is 381 g/mol. The molecule has 2 heterocycles. The molecule has 2 aromatic heterocycles. The average Bonchev–Trinajstić information content (AvgIpc) is 3.20. The summed E-state index contributed by atoms with van der Waals surface area (Å²) in [5.74, 6) is 1.95. The minimum Gasteiger partial charge on any atom is -0.466 e. The van der Waals surface area contributed by atoms with Crippen LogP contribution in [0.4, 0.5) is 0 Å². The number of nitrogens with zero attached hydrogens (tertiary/aromatic N) is 2. The van der Waals surface area contributed by atoms with Crippen LogP contribution in [0.1, 0.15) is 17.9 Å². The first-order chi connectivity index (χ1) is 11.6. The number of aryl methyl sites for hydroxylation is 2. The monoisotopic (exact) mass is 380 g/mol. The van der Waals surface area contributed by atoms with Gasteiger partial charge in [-0.05, 0) is 37.6 Å². The van der Waals surface area contributed by atoms with Crippen molar-refractivity contribution in [2.45, 2.75) is 36.5 Å². The number of benzene rings is 1. The van der Waals surface area contributed by atoms with Crippen LogP contribution < -0.4 is 0 Å². The fourth-order valence-corrected chi connectivity index (χ4v) is 4.34. The third kappa shape index (κ3) is 4.59. The number of furan rings is 1. The van der Waals surface area contributed by atoms with Crippen molar-refractivity contribution in [1.82, 2.24) is 9.55 Å². The van der Waals surface area contributed by atoms with Crippen LogP contribution in [0, 0.1) is 6.92 Å². The summed E-state index contributed by atoms with van der Waals surface area (Å²) in [6.45, 7) is 2.80. The molecule has 0 N–H and O–H groups in total. The summed E-state index contributed by atoms with van der Waals surface area (Å²) in [6.07, 6.45) is 7.43. The fraction of sp³-hybridized carbons (Fsp3) is 0.278. The second kappa shape index (κ2) is 8.15. The van der Waals surface area contributed by atoms with Crippen molar-refractivity contribution in [2.75, 3.05) is 0 Å². The van der Waals surface area contributed by atoms with Crippen LogP contribution in [-0.4, -0.2) is 14.8 Å².